The molecule has 1 amide bonds. The third-order valence-corrected chi connectivity index (χ3v) is 4.30. The highest BCUT2D eigenvalue weighted by molar-refractivity contribution is 5.92. The zero-order valence-corrected chi connectivity index (χ0v) is 13.6. The summed E-state index contributed by atoms with van der Waals surface area (Å²) in [5.74, 6) is 0.572. The number of amides is 1. The van der Waals surface area contributed by atoms with E-state index in [9.17, 15) is 4.79 Å². The first kappa shape index (κ1) is 15.5. The van der Waals surface area contributed by atoms with Crippen molar-refractivity contribution in [3.63, 3.8) is 0 Å². The number of nitrogens with zero attached hydrogens (tertiary/aromatic N) is 5. The first-order valence-electron chi connectivity index (χ1n) is 8.21. The van der Waals surface area contributed by atoms with E-state index in [4.69, 9.17) is 0 Å². The molecule has 0 saturated carbocycles. The molecular weight excluding hydrogens is 316 g/mol. The Kier molecular flexibility index (Phi) is 4.22. The van der Waals surface area contributed by atoms with Gasteiger partial charge in [0.15, 0.2) is 0 Å². The number of carbonyl (C=O) groups excluding carboxylic acids is 1. The zero-order chi connectivity index (χ0) is 17.1. The van der Waals surface area contributed by atoms with E-state index in [-0.39, 0.29) is 11.9 Å². The summed E-state index contributed by atoms with van der Waals surface area (Å²) >= 11 is 0. The van der Waals surface area contributed by atoms with Gasteiger partial charge in [0.25, 0.3) is 5.91 Å². The van der Waals surface area contributed by atoms with Crippen molar-refractivity contribution in [2.45, 2.75) is 6.04 Å². The summed E-state index contributed by atoms with van der Waals surface area (Å²) in [5.41, 5.74) is 1.62. The summed E-state index contributed by atoms with van der Waals surface area (Å²) in [6, 6.07) is 15.7. The van der Waals surface area contributed by atoms with Crippen molar-refractivity contribution in [2.75, 3.05) is 19.6 Å². The van der Waals surface area contributed by atoms with Gasteiger partial charge in [-0.05, 0) is 17.7 Å². The van der Waals surface area contributed by atoms with Crippen LogP contribution in [0.3, 0.4) is 0 Å². The van der Waals surface area contributed by atoms with Crippen LogP contribution in [0, 0.1) is 0 Å². The lowest BCUT2D eigenvalue weighted by atomic mass is 10.0. The largest absolute Gasteiger partial charge is 0.334 e. The minimum atomic E-state index is -0.0580. The van der Waals surface area contributed by atoms with Gasteiger partial charge in [-0.3, -0.25) is 9.36 Å². The first-order valence-corrected chi connectivity index (χ1v) is 8.21. The molecule has 3 aromatic rings. The average molecular weight is 334 g/mol. The van der Waals surface area contributed by atoms with E-state index in [2.05, 4.69) is 32.6 Å². The maximum atomic E-state index is 12.9. The van der Waals surface area contributed by atoms with Crippen LogP contribution in [-0.4, -0.2) is 50.2 Å². The molecule has 1 atom stereocenters. The van der Waals surface area contributed by atoms with E-state index >= 15 is 0 Å². The van der Waals surface area contributed by atoms with Gasteiger partial charge in [-0.25, -0.2) is 4.98 Å². The Balaban J connectivity index is 1.53. The minimum absolute atomic E-state index is 0.0580. The van der Waals surface area contributed by atoms with Crippen LogP contribution in [-0.2, 0) is 0 Å². The Morgan fingerprint density at radius 3 is 2.64 bits per heavy atom. The van der Waals surface area contributed by atoms with Crippen LogP contribution in [0.2, 0.25) is 0 Å². The van der Waals surface area contributed by atoms with Crippen molar-refractivity contribution < 1.29 is 4.79 Å². The molecule has 0 bridgehead atoms. The number of carbonyl (C=O) groups is 1. The smallest absolute Gasteiger partial charge is 0.272 e. The second-order valence-electron chi connectivity index (χ2n) is 5.92. The molecule has 2 aromatic heterocycles. The second-order valence-corrected chi connectivity index (χ2v) is 5.92. The molecule has 25 heavy (non-hydrogen) atoms. The molecule has 1 unspecified atom stereocenters. The molecule has 7 nitrogen and oxygen atoms in total. The Morgan fingerprint density at radius 2 is 1.84 bits per heavy atom. The van der Waals surface area contributed by atoms with Gasteiger partial charge < -0.3 is 10.2 Å². The lowest BCUT2D eigenvalue weighted by Gasteiger charge is -2.33. The van der Waals surface area contributed by atoms with E-state index in [0.717, 1.165) is 6.54 Å². The summed E-state index contributed by atoms with van der Waals surface area (Å²) in [4.78, 5) is 19.2. The molecule has 7 heteroatoms. The van der Waals surface area contributed by atoms with Crippen LogP contribution in [0.25, 0.3) is 5.82 Å². The van der Waals surface area contributed by atoms with Gasteiger partial charge >= 0.3 is 0 Å². The molecule has 1 saturated heterocycles. The lowest BCUT2D eigenvalue weighted by Crippen LogP contribution is -2.48. The molecule has 1 fully saturated rings. The highest BCUT2D eigenvalue weighted by Gasteiger charge is 2.25. The number of aromatic nitrogens is 4. The molecule has 1 aliphatic heterocycles. The van der Waals surface area contributed by atoms with E-state index in [0.29, 0.717) is 24.6 Å². The quantitative estimate of drug-likeness (QED) is 0.784. The van der Waals surface area contributed by atoms with Crippen LogP contribution in [0.5, 0.6) is 0 Å². The number of piperazine rings is 1. The van der Waals surface area contributed by atoms with Gasteiger partial charge in [-0.1, -0.05) is 36.4 Å². The van der Waals surface area contributed by atoms with Crippen LogP contribution < -0.4 is 5.32 Å². The van der Waals surface area contributed by atoms with Gasteiger partial charge in [0.2, 0.25) is 0 Å². The van der Waals surface area contributed by atoms with Gasteiger partial charge in [0.1, 0.15) is 24.2 Å². The fourth-order valence-electron chi connectivity index (χ4n) is 3.01. The molecule has 1 aromatic carbocycles. The molecule has 126 valence electrons. The molecule has 4 rings (SSSR count). The van der Waals surface area contributed by atoms with Crippen molar-refractivity contribution in [1.82, 2.24) is 30.0 Å². The van der Waals surface area contributed by atoms with Crippen molar-refractivity contribution in [1.29, 1.82) is 0 Å². The van der Waals surface area contributed by atoms with Gasteiger partial charge in [0, 0.05) is 25.7 Å². The number of hydrogen-bond acceptors (Lipinski definition) is 5. The monoisotopic (exact) mass is 334 g/mol. The minimum Gasteiger partial charge on any atom is -0.334 e. The van der Waals surface area contributed by atoms with E-state index in [1.54, 1.807) is 23.3 Å². The van der Waals surface area contributed by atoms with Crippen molar-refractivity contribution in [3.8, 4) is 5.82 Å². The molecule has 0 aliphatic carbocycles. The number of pyridine rings is 1. The Morgan fingerprint density at radius 1 is 1.04 bits per heavy atom. The summed E-state index contributed by atoms with van der Waals surface area (Å²) in [6.45, 7) is 2.05. The number of rotatable bonds is 3. The van der Waals surface area contributed by atoms with Crippen molar-refractivity contribution in [3.05, 3.63) is 72.4 Å². The molecule has 1 aliphatic rings. The maximum absolute atomic E-state index is 12.9. The lowest BCUT2D eigenvalue weighted by molar-refractivity contribution is 0.0697. The highest BCUT2D eigenvalue weighted by atomic mass is 16.2. The number of benzene rings is 1. The molecular formula is C18H18N6O. The predicted molar refractivity (Wildman–Crippen MR) is 92.2 cm³/mol. The Bertz CT molecular complexity index is 849. The zero-order valence-electron chi connectivity index (χ0n) is 13.6. The number of hydrogen-bond donors (Lipinski definition) is 1. The Labute approximate surface area is 145 Å². The highest BCUT2D eigenvalue weighted by Crippen LogP contribution is 2.18. The first-order chi connectivity index (χ1) is 12.3. The van der Waals surface area contributed by atoms with Crippen molar-refractivity contribution >= 4 is 5.91 Å². The molecule has 0 radical (unpaired) electrons. The SMILES string of the molecule is O=C(c1cccc(-n2cnnc2)n1)N1CCNC(c2ccccc2)C1. The molecule has 3 heterocycles. The van der Waals surface area contributed by atoms with Gasteiger partial charge in [-0.2, -0.15) is 0 Å². The third-order valence-electron chi connectivity index (χ3n) is 4.30. The third kappa shape index (κ3) is 3.27. The molecule has 1 N–H and O–H groups in total. The van der Waals surface area contributed by atoms with Crippen LogP contribution >= 0.6 is 0 Å². The van der Waals surface area contributed by atoms with Crippen molar-refractivity contribution in [2.24, 2.45) is 0 Å². The normalized spacial score (nSPS) is 17.4. The Hall–Kier alpha value is -3.06. The average Bonchev–Trinajstić information content (AvgIpc) is 3.23. The fourth-order valence-corrected chi connectivity index (χ4v) is 3.01. The summed E-state index contributed by atoms with van der Waals surface area (Å²) in [6.07, 6.45) is 3.12. The van der Waals surface area contributed by atoms with E-state index < -0.39 is 0 Å². The summed E-state index contributed by atoms with van der Waals surface area (Å²) in [5, 5.41) is 11.0. The summed E-state index contributed by atoms with van der Waals surface area (Å²) in [7, 11) is 0. The topological polar surface area (TPSA) is 75.9 Å². The van der Waals surface area contributed by atoms with Crippen LogP contribution in [0.15, 0.2) is 61.2 Å². The van der Waals surface area contributed by atoms with E-state index in [1.807, 2.05) is 35.2 Å². The fraction of sp³-hybridized carbons (Fsp3) is 0.222. The standard InChI is InChI=1S/C18H18N6O/c25-18(15-7-4-8-17(22-15)24-12-20-21-13-24)23-10-9-19-16(11-23)14-5-2-1-3-6-14/h1-8,12-13,16,19H,9-11H2. The number of nitrogens with one attached hydrogen (secondary N) is 1. The summed E-state index contributed by atoms with van der Waals surface area (Å²) < 4.78 is 1.68. The molecule has 0 spiro atoms. The van der Waals surface area contributed by atoms with Gasteiger partial charge in [0.05, 0.1) is 0 Å². The second kappa shape index (κ2) is 6.82. The maximum Gasteiger partial charge on any atom is 0.272 e. The predicted octanol–water partition coefficient (Wildman–Crippen LogP) is 1.45. The van der Waals surface area contributed by atoms with Gasteiger partial charge in [-0.15, -0.1) is 10.2 Å². The van der Waals surface area contributed by atoms with Crippen LogP contribution in [0.4, 0.5) is 0 Å². The van der Waals surface area contributed by atoms with Crippen LogP contribution in [0.1, 0.15) is 22.1 Å². The van der Waals surface area contributed by atoms with E-state index in [1.165, 1.54) is 5.56 Å².